The first-order valence-corrected chi connectivity index (χ1v) is 12.5. The normalized spacial score (nSPS) is 14.0. The highest BCUT2D eigenvalue weighted by Gasteiger charge is 2.24. The molecule has 128 valence electrons. The van der Waals surface area contributed by atoms with E-state index in [2.05, 4.69) is 41.5 Å². The smallest absolute Gasteiger partial charge is 0.162 e. The summed E-state index contributed by atoms with van der Waals surface area (Å²) in [4.78, 5) is 0. The van der Waals surface area contributed by atoms with Crippen LogP contribution in [0.2, 0.25) is 12.1 Å². The number of hydrogen-bond donors (Lipinski definition) is 0. The SMILES string of the molecule is CCC(CC)(CC)O[SiH2]CCC[SiH2]OC(CC)(CC)CC. The fourth-order valence-corrected chi connectivity index (χ4v) is 7.27. The van der Waals surface area contributed by atoms with Gasteiger partial charge in [-0.15, -0.1) is 0 Å². The van der Waals surface area contributed by atoms with Crippen molar-refractivity contribution in [1.29, 1.82) is 0 Å². The van der Waals surface area contributed by atoms with Crippen LogP contribution in [-0.4, -0.2) is 30.7 Å². The maximum absolute atomic E-state index is 6.30. The average molecular weight is 333 g/mol. The van der Waals surface area contributed by atoms with Crippen LogP contribution in [0.15, 0.2) is 0 Å². The van der Waals surface area contributed by atoms with Crippen molar-refractivity contribution in [2.24, 2.45) is 0 Å². The fourth-order valence-electron chi connectivity index (χ4n) is 3.07. The zero-order chi connectivity index (χ0) is 16.2. The topological polar surface area (TPSA) is 18.5 Å². The molecule has 0 unspecified atom stereocenters. The Balaban J connectivity index is 3.78. The van der Waals surface area contributed by atoms with E-state index in [-0.39, 0.29) is 30.7 Å². The van der Waals surface area contributed by atoms with Gasteiger partial charge in [0.2, 0.25) is 0 Å². The Morgan fingerprint density at radius 1 is 0.571 bits per heavy atom. The molecular weight excluding hydrogens is 292 g/mol. The van der Waals surface area contributed by atoms with E-state index in [0.717, 1.165) is 38.5 Å². The molecule has 0 aliphatic rings. The van der Waals surface area contributed by atoms with Crippen molar-refractivity contribution in [2.45, 2.75) is 110 Å². The van der Waals surface area contributed by atoms with Gasteiger partial charge in [0.25, 0.3) is 0 Å². The van der Waals surface area contributed by atoms with Gasteiger partial charge in [-0.05, 0) is 50.6 Å². The molecule has 21 heavy (non-hydrogen) atoms. The lowest BCUT2D eigenvalue weighted by Crippen LogP contribution is -2.32. The summed E-state index contributed by atoms with van der Waals surface area (Å²) in [5, 5.41) is 0. The second kappa shape index (κ2) is 11.9. The summed E-state index contributed by atoms with van der Waals surface area (Å²) >= 11 is 0. The molecule has 0 fully saturated rings. The van der Waals surface area contributed by atoms with Gasteiger partial charge in [-0.25, -0.2) is 0 Å². The number of hydrogen-bond acceptors (Lipinski definition) is 2. The van der Waals surface area contributed by atoms with Gasteiger partial charge < -0.3 is 8.85 Å². The molecule has 0 bridgehead atoms. The lowest BCUT2D eigenvalue weighted by molar-refractivity contribution is 0.0590. The van der Waals surface area contributed by atoms with Gasteiger partial charge >= 0.3 is 0 Å². The third-order valence-electron chi connectivity index (χ3n) is 5.47. The Hall–Kier alpha value is 0.354. The zero-order valence-electron chi connectivity index (χ0n) is 15.6. The molecule has 2 nitrogen and oxygen atoms in total. The van der Waals surface area contributed by atoms with E-state index in [1.54, 1.807) is 0 Å². The summed E-state index contributed by atoms with van der Waals surface area (Å²) in [5.74, 6) is 0. The Kier molecular flexibility index (Phi) is 12.1. The maximum atomic E-state index is 6.30. The third kappa shape index (κ3) is 7.44. The Morgan fingerprint density at radius 3 is 1.10 bits per heavy atom. The summed E-state index contributed by atoms with van der Waals surface area (Å²) in [6, 6.07) is 2.66. The molecule has 0 atom stereocenters. The van der Waals surface area contributed by atoms with Crippen LogP contribution >= 0.6 is 0 Å². The monoisotopic (exact) mass is 332 g/mol. The van der Waals surface area contributed by atoms with Gasteiger partial charge in [0.1, 0.15) is 0 Å². The standard InChI is InChI=1S/C17H40O2Si2/c1-7-16(8-2,9-3)18-20-14-13-15-21-19-17(10-4,11-5)12-6/h7-15,20-21H2,1-6H3. The molecule has 4 heteroatoms. The van der Waals surface area contributed by atoms with Crippen LogP contribution in [0.3, 0.4) is 0 Å². The molecule has 0 rings (SSSR count). The average Bonchev–Trinajstić information content (AvgIpc) is 2.55. The van der Waals surface area contributed by atoms with Crippen molar-refractivity contribution in [2.75, 3.05) is 0 Å². The minimum atomic E-state index is -0.337. The molecule has 0 aliphatic carbocycles. The predicted octanol–water partition coefficient (Wildman–Crippen LogP) is 4.35. The maximum Gasteiger partial charge on any atom is 0.162 e. The quantitative estimate of drug-likeness (QED) is 0.348. The Labute approximate surface area is 138 Å². The fraction of sp³-hybridized carbons (Fsp3) is 1.00. The predicted molar refractivity (Wildman–Crippen MR) is 101 cm³/mol. The van der Waals surface area contributed by atoms with E-state index < -0.39 is 0 Å². The van der Waals surface area contributed by atoms with Crippen LogP contribution in [-0.2, 0) is 8.85 Å². The first-order valence-electron chi connectivity index (χ1n) is 9.35. The lowest BCUT2D eigenvalue weighted by atomic mass is 9.95. The Bertz CT molecular complexity index is 198. The molecule has 0 saturated carbocycles. The van der Waals surface area contributed by atoms with Gasteiger partial charge in [-0.3, -0.25) is 0 Å². The molecule has 0 radical (unpaired) electrons. The minimum absolute atomic E-state index is 0.196. The van der Waals surface area contributed by atoms with E-state index in [0.29, 0.717) is 0 Å². The van der Waals surface area contributed by atoms with Crippen LogP contribution in [0.5, 0.6) is 0 Å². The first-order chi connectivity index (χ1) is 10.1. The highest BCUT2D eigenvalue weighted by atomic mass is 28.2. The van der Waals surface area contributed by atoms with E-state index in [9.17, 15) is 0 Å². The van der Waals surface area contributed by atoms with Crippen LogP contribution in [0.1, 0.15) is 86.5 Å². The van der Waals surface area contributed by atoms with Gasteiger partial charge in [0, 0.05) is 0 Å². The van der Waals surface area contributed by atoms with Crippen LogP contribution in [0, 0.1) is 0 Å². The van der Waals surface area contributed by atoms with E-state index in [1.807, 2.05) is 0 Å². The molecule has 0 aromatic rings. The van der Waals surface area contributed by atoms with Crippen molar-refractivity contribution in [3.8, 4) is 0 Å². The zero-order valence-corrected chi connectivity index (χ0v) is 18.4. The van der Waals surface area contributed by atoms with Crippen LogP contribution < -0.4 is 0 Å². The molecule has 0 heterocycles. The molecule has 0 amide bonds. The van der Waals surface area contributed by atoms with Crippen LogP contribution in [0.4, 0.5) is 0 Å². The molecule has 0 saturated heterocycles. The van der Waals surface area contributed by atoms with Crippen molar-refractivity contribution in [1.82, 2.24) is 0 Å². The van der Waals surface area contributed by atoms with E-state index in [1.165, 1.54) is 18.5 Å². The molecule has 0 N–H and O–H groups in total. The largest absolute Gasteiger partial charge is 0.419 e. The second-order valence-corrected chi connectivity index (χ2v) is 9.05. The van der Waals surface area contributed by atoms with Gasteiger partial charge in [-0.1, -0.05) is 48.0 Å². The minimum Gasteiger partial charge on any atom is -0.419 e. The molecule has 0 aromatic heterocycles. The summed E-state index contributed by atoms with van der Waals surface area (Å²) < 4.78 is 12.6. The Morgan fingerprint density at radius 2 is 0.857 bits per heavy atom. The van der Waals surface area contributed by atoms with Crippen molar-refractivity contribution >= 4 is 19.5 Å². The third-order valence-corrected chi connectivity index (χ3v) is 8.68. The van der Waals surface area contributed by atoms with Gasteiger partial charge in [0.15, 0.2) is 19.5 Å². The van der Waals surface area contributed by atoms with E-state index in [4.69, 9.17) is 8.85 Å². The van der Waals surface area contributed by atoms with Gasteiger partial charge in [-0.2, -0.15) is 0 Å². The van der Waals surface area contributed by atoms with Crippen molar-refractivity contribution < 1.29 is 8.85 Å². The lowest BCUT2D eigenvalue weighted by Gasteiger charge is -2.32. The van der Waals surface area contributed by atoms with Crippen LogP contribution in [0.25, 0.3) is 0 Å². The first kappa shape index (κ1) is 21.4. The number of rotatable bonds is 14. The van der Waals surface area contributed by atoms with Gasteiger partial charge in [0.05, 0.1) is 11.2 Å². The molecule has 0 spiro atoms. The molecule has 0 aromatic carbocycles. The molecular formula is C17H40O2Si2. The highest BCUT2D eigenvalue weighted by Crippen LogP contribution is 2.25. The summed E-state index contributed by atoms with van der Waals surface area (Å²) in [7, 11) is -0.674. The second-order valence-electron chi connectivity index (χ2n) is 6.24. The highest BCUT2D eigenvalue weighted by molar-refractivity contribution is 6.29. The summed E-state index contributed by atoms with van der Waals surface area (Å²) in [5.41, 5.74) is 0.393. The summed E-state index contributed by atoms with van der Waals surface area (Å²) in [6.45, 7) is 13.6. The summed E-state index contributed by atoms with van der Waals surface area (Å²) in [6.07, 6.45) is 8.31. The molecule has 0 aliphatic heterocycles. The van der Waals surface area contributed by atoms with Crippen molar-refractivity contribution in [3.63, 3.8) is 0 Å². The van der Waals surface area contributed by atoms with E-state index >= 15 is 0 Å². The van der Waals surface area contributed by atoms with Crippen molar-refractivity contribution in [3.05, 3.63) is 0 Å².